The lowest BCUT2D eigenvalue weighted by Crippen LogP contribution is -2.50. The molecule has 0 spiro atoms. The van der Waals surface area contributed by atoms with Crippen LogP contribution < -0.4 is 15.8 Å². The monoisotopic (exact) mass is 503 g/mol. The van der Waals surface area contributed by atoms with Crippen LogP contribution in [-0.4, -0.2) is 49.6 Å². The zero-order valence-corrected chi connectivity index (χ0v) is 21.0. The van der Waals surface area contributed by atoms with Crippen LogP contribution >= 0.6 is 24.2 Å². The fourth-order valence-electron chi connectivity index (χ4n) is 7.25. The number of nitrogens with one attached hydrogen (secondary N) is 1. The van der Waals surface area contributed by atoms with Gasteiger partial charge in [0.25, 0.3) is 0 Å². The highest BCUT2D eigenvalue weighted by molar-refractivity contribution is 8.14. The third kappa shape index (κ3) is 4.53. The smallest absolute Gasteiger partial charge is 0.226 e. The van der Waals surface area contributed by atoms with E-state index in [9.17, 15) is 15.0 Å². The molecule has 7 rings (SSSR count). The minimum atomic E-state index is -0.0214. The maximum Gasteiger partial charge on any atom is 0.226 e. The van der Waals surface area contributed by atoms with Gasteiger partial charge in [0, 0.05) is 40.4 Å². The Morgan fingerprint density at radius 2 is 1.74 bits per heavy atom. The minimum absolute atomic E-state index is 0. The first-order valence-corrected chi connectivity index (χ1v) is 13.4. The summed E-state index contributed by atoms with van der Waals surface area (Å²) in [6.45, 7) is 0. The van der Waals surface area contributed by atoms with Gasteiger partial charge in [-0.25, -0.2) is 0 Å². The third-order valence-electron chi connectivity index (χ3n) is 8.37. The Morgan fingerprint density at radius 1 is 1.09 bits per heavy atom. The number of benzene rings is 1. The van der Waals surface area contributed by atoms with Crippen molar-refractivity contribution in [2.45, 2.75) is 75.4 Å². The van der Waals surface area contributed by atoms with E-state index in [1.165, 1.54) is 56.5 Å². The van der Waals surface area contributed by atoms with Crippen molar-refractivity contribution < 1.29 is 15.0 Å². The number of thioether (sulfide) groups is 1. The number of hydrogen-bond donors (Lipinski definition) is 3. The Labute approximate surface area is 211 Å². The summed E-state index contributed by atoms with van der Waals surface area (Å²) in [5.41, 5.74) is 0.793. The van der Waals surface area contributed by atoms with Crippen molar-refractivity contribution in [1.29, 1.82) is 0 Å². The average molecular weight is 504 g/mol. The number of aliphatic hydroxyl groups excluding tert-OH is 2. The molecule has 0 radical (unpaired) electrons. The van der Waals surface area contributed by atoms with E-state index in [1.54, 1.807) is 18.2 Å². The molecular formula is C26H34ClN3O3S. The highest BCUT2D eigenvalue weighted by Gasteiger charge is 2.52. The van der Waals surface area contributed by atoms with E-state index in [1.807, 2.05) is 11.8 Å². The van der Waals surface area contributed by atoms with Crippen LogP contribution in [0, 0.1) is 17.8 Å². The summed E-state index contributed by atoms with van der Waals surface area (Å²) in [7, 11) is 0. The molecule has 34 heavy (non-hydrogen) atoms. The Bertz CT molecular complexity index is 1070. The highest BCUT2D eigenvalue weighted by Crippen LogP contribution is 2.57. The van der Waals surface area contributed by atoms with Crippen molar-refractivity contribution in [3.63, 3.8) is 0 Å². The van der Waals surface area contributed by atoms with Crippen molar-refractivity contribution in [1.82, 2.24) is 4.90 Å². The Balaban J connectivity index is 0.00000241. The molecule has 4 bridgehead atoms. The zero-order chi connectivity index (χ0) is 22.6. The van der Waals surface area contributed by atoms with E-state index in [0.717, 1.165) is 36.0 Å². The number of aliphatic hydroxyl groups is 2. The Morgan fingerprint density at radius 3 is 2.32 bits per heavy atom. The number of halogens is 1. The zero-order valence-electron chi connectivity index (χ0n) is 19.4. The Hall–Kier alpha value is -1.86. The van der Waals surface area contributed by atoms with Crippen LogP contribution in [-0.2, 0) is 4.79 Å². The maximum absolute atomic E-state index is 12.9. The van der Waals surface area contributed by atoms with Crippen LogP contribution in [0.3, 0.4) is 0 Å². The topological polar surface area (TPSA) is 85.2 Å². The molecule has 3 N–H and O–H groups in total. The number of aliphatic imine (C=N–C) groups is 1. The third-order valence-corrected chi connectivity index (χ3v) is 9.48. The molecular weight excluding hydrogens is 470 g/mol. The molecule has 5 saturated carbocycles. The quantitative estimate of drug-likeness (QED) is 0.567. The minimum Gasteiger partial charge on any atom is -0.515 e. The van der Waals surface area contributed by atoms with Gasteiger partial charge in [-0.2, -0.15) is 0 Å². The predicted molar refractivity (Wildman–Crippen MR) is 140 cm³/mol. The van der Waals surface area contributed by atoms with Crippen molar-refractivity contribution in [2.75, 3.05) is 11.1 Å². The molecule has 6 fully saturated rings. The van der Waals surface area contributed by atoms with E-state index < -0.39 is 0 Å². The molecule has 1 aromatic rings. The van der Waals surface area contributed by atoms with Crippen molar-refractivity contribution in [3.8, 4) is 0 Å². The predicted octanol–water partition coefficient (Wildman–Crippen LogP) is 3.93. The van der Waals surface area contributed by atoms with Gasteiger partial charge in [0.15, 0.2) is 5.17 Å². The molecule has 0 aromatic heterocycles. The van der Waals surface area contributed by atoms with Gasteiger partial charge in [0.05, 0.1) is 18.1 Å². The van der Waals surface area contributed by atoms with Gasteiger partial charge in [0.1, 0.15) is 0 Å². The first-order valence-electron chi connectivity index (χ1n) is 12.4. The number of anilines is 1. The highest BCUT2D eigenvalue weighted by atomic mass is 35.5. The second-order valence-corrected chi connectivity index (χ2v) is 12.0. The van der Waals surface area contributed by atoms with Crippen LogP contribution in [0.5, 0.6) is 0 Å². The summed E-state index contributed by atoms with van der Waals surface area (Å²) in [6.07, 6.45) is 12.8. The summed E-state index contributed by atoms with van der Waals surface area (Å²) >= 11 is 1.86. The maximum atomic E-state index is 12.9. The SMILES string of the molecule is Cl.O=C(CC1CSC(=NC23CC4CC(CC(C4)C2)C3)N1C1CC1)Nc1ccc(=CO)c(=CO)c1. The number of amides is 1. The molecule has 1 aliphatic heterocycles. The fourth-order valence-corrected chi connectivity index (χ4v) is 8.57. The summed E-state index contributed by atoms with van der Waals surface area (Å²) in [5, 5.41) is 23.8. The van der Waals surface area contributed by atoms with Crippen LogP contribution in [0.15, 0.2) is 23.2 Å². The van der Waals surface area contributed by atoms with Crippen LogP contribution in [0.4, 0.5) is 5.69 Å². The van der Waals surface area contributed by atoms with Crippen molar-refractivity contribution in [3.05, 3.63) is 28.6 Å². The fraction of sp³-hybridized carbons (Fsp3) is 0.615. The second kappa shape index (κ2) is 9.30. The van der Waals surface area contributed by atoms with Gasteiger partial charge in [-0.15, -0.1) is 12.4 Å². The van der Waals surface area contributed by atoms with Crippen LogP contribution in [0.25, 0.3) is 12.5 Å². The molecule has 1 atom stereocenters. The molecule has 1 amide bonds. The van der Waals surface area contributed by atoms with Gasteiger partial charge < -0.3 is 20.4 Å². The van der Waals surface area contributed by atoms with E-state index in [-0.39, 0.29) is 29.9 Å². The number of hydrogen-bond acceptors (Lipinski definition) is 5. The summed E-state index contributed by atoms with van der Waals surface area (Å²) in [5.74, 6) is 3.56. The average Bonchev–Trinajstić information content (AvgIpc) is 3.54. The van der Waals surface area contributed by atoms with Gasteiger partial charge in [-0.05, 0) is 87.3 Å². The van der Waals surface area contributed by atoms with E-state index in [4.69, 9.17) is 4.99 Å². The molecule has 184 valence electrons. The van der Waals surface area contributed by atoms with E-state index >= 15 is 0 Å². The first-order chi connectivity index (χ1) is 16.0. The van der Waals surface area contributed by atoms with Crippen LogP contribution in [0.2, 0.25) is 0 Å². The lowest BCUT2D eigenvalue weighted by Gasteiger charge is -2.55. The van der Waals surface area contributed by atoms with Crippen LogP contribution in [0.1, 0.15) is 57.8 Å². The van der Waals surface area contributed by atoms with Crippen molar-refractivity contribution >= 4 is 53.5 Å². The molecule has 1 aromatic carbocycles. The molecule has 1 heterocycles. The van der Waals surface area contributed by atoms with Gasteiger partial charge >= 0.3 is 0 Å². The molecule has 6 aliphatic rings. The molecule has 6 nitrogen and oxygen atoms in total. The number of amidine groups is 1. The van der Waals surface area contributed by atoms with Crippen molar-refractivity contribution in [2.24, 2.45) is 22.7 Å². The Kier molecular flexibility index (Phi) is 6.53. The van der Waals surface area contributed by atoms with Gasteiger partial charge in [0.2, 0.25) is 5.91 Å². The number of carbonyl (C=O) groups is 1. The normalized spacial score (nSPS) is 36.2. The molecule has 5 aliphatic carbocycles. The number of carbonyl (C=O) groups excluding carboxylic acids is 1. The first kappa shape index (κ1) is 23.9. The molecule has 8 heteroatoms. The second-order valence-electron chi connectivity index (χ2n) is 11.0. The molecule has 1 unspecified atom stereocenters. The largest absolute Gasteiger partial charge is 0.515 e. The van der Waals surface area contributed by atoms with Gasteiger partial charge in [-0.3, -0.25) is 9.79 Å². The lowest BCUT2D eigenvalue weighted by atomic mass is 9.53. The summed E-state index contributed by atoms with van der Waals surface area (Å²) in [6, 6.07) is 5.82. The summed E-state index contributed by atoms with van der Waals surface area (Å²) < 4.78 is 0. The number of rotatable bonds is 5. The van der Waals surface area contributed by atoms with E-state index in [2.05, 4.69) is 10.2 Å². The molecule has 1 saturated heterocycles. The lowest BCUT2D eigenvalue weighted by molar-refractivity contribution is -0.116. The standard InChI is InChI=1S/C26H33N3O3S.ClH/c30-13-19-1-2-21(8-20(19)14-31)27-24(32)9-23-15-33-25(29(23)22-3-4-22)28-26-10-16-5-17(11-26)7-18(6-16)12-26;/h1-2,8,13-14,16-18,22-23,30-31H,3-7,9-12,15H2,(H,27,32);1H. The number of nitrogens with zero attached hydrogens (tertiary/aromatic N) is 2. The van der Waals surface area contributed by atoms with Gasteiger partial charge in [-0.1, -0.05) is 11.8 Å². The van der Waals surface area contributed by atoms with E-state index in [0.29, 0.717) is 28.6 Å². The summed E-state index contributed by atoms with van der Waals surface area (Å²) in [4.78, 5) is 20.9.